The molecule has 7 heteroatoms. The number of alkyl halides is 3. The van der Waals surface area contributed by atoms with Gasteiger partial charge in [-0.05, 0) is 13.3 Å². The third kappa shape index (κ3) is 7.80. The highest BCUT2D eigenvalue weighted by molar-refractivity contribution is 6.66. The van der Waals surface area contributed by atoms with Crippen LogP contribution in [0.2, 0.25) is 0 Å². The van der Waals surface area contributed by atoms with Gasteiger partial charge in [0.05, 0.1) is 0 Å². The van der Waals surface area contributed by atoms with Crippen molar-refractivity contribution in [1.29, 1.82) is 0 Å². The van der Waals surface area contributed by atoms with Crippen LogP contribution in [0.4, 0.5) is 5.95 Å². The molecule has 4 nitrogen and oxygen atoms in total. The first-order chi connectivity index (χ1) is 10.5. The number of nitrogens with zero attached hydrogens (tertiary/aromatic N) is 3. The minimum Gasteiger partial charge on any atom is -0.354 e. The molecule has 126 valence electrons. The third-order valence-corrected chi connectivity index (χ3v) is 3.78. The van der Waals surface area contributed by atoms with E-state index in [-0.39, 0.29) is 5.82 Å². The Morgan fingerprint density at radius 2 is 1.50 bits per heavy atom. The molecule has 1 aromatic rings. The van der Waals surface area contributed by atoms with Crippen molar-refractivity contribution in [3.8, 4) is 0 Å². The van der Waals surface area contributed by atoms with E-state index < -0.39 is 3.79 Å². The molecule has 0 unspecified atom stereocenters. The van der Waals surface area contributed by atoms with Crippen LogP contribution in [0.3, 0.4) is 0 Å². The van der Waals surface area contributed by atoms with E-state index in [1.807, 2.05) is 6.92 Å². The normalized spacial score (nSPS) is 11.7. The molecule has 1 heterocycles. The van der Waals surface area contributed by atoms with E-state index in [2.05, 4.69) is 27.2 Å². The standard InChI is InChI=1S/C15H25Cl3N4/c1-3-5-6-7-8-9-10-11-12-20-13(15(16,17)18)22-14(21-12)19-4-2/h3-11H2,1-2H3,(H,19,20,21,22). The molecule has 0 amide bonds. The van der Waals surface area contributed by atoms with Gasteiger partial charge < -0.3 is 5.32 Å². The van der Waals surface area contributed by atoms with Gasteiger partial charge in [0, 0.05) is 13.0 Å². The largest absolute Gasteiger partial charge is 0.354 e. The van der Waals surface area contributed by atoms with Gasteiger partial charge in [-0.3, -0.25) is 0 Å². The predicted octanol–water partition coefficient (Wildman–Crippen LogP) is 5.42. The zero-order valence-corrected chi connectivity index (χ0v) is 15.6. The Kier molecular flexibility index (Phi) is 9.37. The number of aromatic nitrogens is 3. The molecule has 0 aromatic carbocycles. The highest BCUT2D eigenvalue weighted by Gasteiger charge is 2.28. The van der Waals surface area contributed by atoms with Gasteiger partial charge >= 0.3 is 0 Å². The van der Waals surface area contributed by atoms with Crippen LogP contribution < -0.4 is 5.32 Å². The fourth-order valence-electron chi connectivity index (χ4n) is 2.14. The summed E-state index contributed by atoms with van der Waals surface area (Å²) in [6.07, 6.45) is 9.47. The van der Waals surface area contributed by atoms with Crippen LogP contribution in [0, 0.1) is 0 Å². The van der Waals surface area contributed by atoms with Gasteiger partial charge in [0.1, 0.15) is 5.82 Å². The number of rotatable bonds is 10. The Morgan fingerprint density at radius 1 is 0.864 bits per heavy atom. The lowest BCUT2D eigenvalue weighted by atomic mass is 10.1. The van der Waals surface area contributed by atoms with Crippen molar-refractivity contribution in [3.63, 3.8) is 0 Å². The highest BCUT2D eigenvalue weighted by Crippen LogP contribution is 2.36. The van der Waals surface area contributed by atoms with Crippen LogP contribution in [0.15, 0.2) is 0 Å². The Bertz CT molecular complexity index is 435. The first-order valence-electron chi connectivity index (χ1n) is 8.03. The van der Waals surface area contributed by atoms with E-state index in [4.69, 9.17) is 34.8 Å². The minimum atomic E-state index is -1.62. The number of nitrogens with one attached hydrogen (secondary N) is 1. The van der Waals surface area contributed by atoms with Crippen LogP contribution in [0.25, 0.3) is 0 Å². The zero-order chi connectivity index (χ0) is 16.4. The maximum Gasteiger partial charge on any atom is 0.250 e. The van der Waals surface area contributed by atoms with Gasteiger partial charge in [0.2, 0.25) is 9.74 Å². The van der Waals surface area contributed by atoms with Crippen molar-refractivity contribution in [2.75, 3.05) is 11.9 Å². The number of halogens is 3. The summed E-state index contributed by atoms with van der Waals surface area (Å²) in [4.78, 5) is 12.8. The van der Waals surface area contributed by atoms with Gasteiger partial charge in [-0.15, -0.1) is 0 Å². The van der Waals surface area contributed by atoms with Crippen LogP contribution in [-0.2, 0) is 10.2 Å². The van der Waals surface area contributed by atoms with Crippen LogP contribution in [-0.4, -0.2) is 21.5 Å². The van der Waals surface area contributed by atoms with Gasteiger partial charge in [-0.1, -0.05) is 80.3 Å². The zero-order valence-electron chi connectivity index (χ0n) is 13.3. The summed E-state index contributed by atoms with van der Waals surface area (Å²) >= 11 is 17.7. The highest BCUT2D eigenvalue weighted by atomic mass is 35.6. The molecule has 0 spiro atoms. The van der Waals surface area contributed by atoms with E-state index in [1.54, 1.807) is 0 Å². The quantitative estimate of drug-likeness (QED) is 0.443. The smallest absolute Gasteiger partial charge is 0.250 e. The summed E-state index contributed by atoms with van der Waals surface area (Å²) in [5.74, 6) is 1.33. The summed E-state index contributed by atoms with van der Waals surface area (Å²) in [5, 5.41) is 3.05. The van der Waals surface area contributed by atoms with Crippen molar-refractivity contribution >= 4 is 40.8 Å². The van der Waals surface area contributed by atoms with Gasteiger partial charge in [-0.25, -0.2) is 4.98 Å². The summed E-state index contributed by atoms with van der Waals surface area (Å²) in [6, 6.07) is 0. The van der Waals surface area contributed by atoms with Crippen molar-refractivity contribution in [2.45, 2.75) is 69.0 Å². The Labute approximate surface area is 148 Å². The molecular formula is C15H25Cl3N4. The fourth-order valence-corrected chi connectivity index (χ4v) is 2.39. The molecule has 0 bridgehead atoms. The second kappa shape index (κ2) is 10.5. The molecule has 1 aromatic heterocycles. The second-order valence-electron chi connectivity index (χ2n) is 5.30. The van der Waals surface area contributed by atoms with Crippen LogP contribution in [0.1, 0.15) is 70.4 Å². The van der Waals surface area contributed by atoms with Crippen LogP contribution in [0.5, 0.6) is 0 Å². The van der Waals surface area contributed by atoms with Crippen molar-refractivity contribution in [2.24, 2.45) is 0 Å². The van der Waals surface area contributed by atoms with E-state index in [0.717, 1.165) is 12.8 Å². The Balaban J connectivity index is 2.52. The van der Waals surface area contributed by atoms with E-state index >= 15 is 0 Å². The van der Waals surface area contributed by atoms with Gasteiger partial charge in [0.25, 0.3) is 0 Å². The number of anilines is 1. The molecule has 0 radical (unpaired) electrons. The molecule has 0 aliphatic carbocycles. The maximum atomic E-state index is 5.89. The van der Waals surface area contributed by atoms with Gasteiger partial charge in [0.15, 0.2) is 5.82 Å². The number of unbranched alkanes of at least 4 members (excludes halogenated alkanes) is 6. The number of hydrogen-bond acceptors (Lipinski definition) is 4. The molecular weight excluding hydrogens is 343 g/mol. The van der Waals surface area contributed by atoms with Crippen molar-refractivity contribution in [3.05, 3.63) is 11.6 Å². The van der Waals surface area contributed by atoms with Crippen molar-refractivity contribution in [1.82, 2.24) is 15.0 Å². The summed E-state index contributed by atoms with van der Waals surface area (Å²) < 4.78 is -1.62. The van der Waals surface area contributed by atoms with Crippen molar-refractivity contribution < 1.29 is 0 Å². The molecule has 0 atom stereocenters. The molecule has 0 saturated heterocycles. The summed E-state index contributed by atoms with van der Waals surface area (Å²) in [7, 11) is 0. The monoisotopic (exact) mass is 366 g/mol. The lowest BCUT2D eigenvalue weighted by Gasteiger charge is -2.12. The maximum absolute atomic E-state index is 5.89. The fraction of sp³-hybridized carbons (Fsp3) is 0.800. The molecule has 22 heavy (non-hydrogen) atoms. The van der Waals surface area contributed by atoms with E-state index in [1.165, 1.54) is 38.5 Å². The van der Waals surface area contributed by atoms with Gasteiger partial charge in [-0.2, -0.15) is 9.97 Å². The molecule has 0 saturated carbocycles. The van der Waals surface area contributed by atoms with E-state index in [9.17, 15) is 0 Å². The summed E-state index contributed by atoms with van der Waals surface area (Å²) in [5.41, 5.74) is 0. The molecule has 0 fully saturated rings. The summed E-state index contributed by atoms with van der Waals surface area (Å²) in [6.45, 7) is 4.90. The lowest BCUT2D eigenvalue weighted by molar-refractivity contribution is 0.583. The first-order valence-corrected chi connectivity index (χ1v) is 9.16. The SMILES string of the molecule is CCCCCCCCCc1nc(NCC)nc(C(Cl)(Cl)Cl)n1. The predicted molar refractivity (Wildman–Crippen MR) is 94.9 cm³/mol. The first kappa shape index (κ1) is 19.7. The number of hydrogen-bond donors (Lipinski definition) is 1. The second-order valence-corrected chi connectivity index (χ2v) is 7.58. The average molecular weight is 368 g/mol. The Morgan fingerprint density at radius 3 is 2.09 bits per heavy atom. The molecule has 1 N–H and O–H groups in total. The molecule has 0 aliphatic rings. The third-order valence-electron chi connectivity index (χ3n) is 3.27. The van der Waals surface area contributed by atoms with E-state index in [0.29, 0.717) is 18.3 Å². The molecule has 1 rings (SSSR count). The number of aryl methyl sites for hydroxylation is 1. The Hall–Kier alpha value is -0.320. The molecule has 0 aliphatic heterocycles. The lowest BCUT2D eigenvalue weighted by Crippen LogP contribution is -2.14. The average Bonchev–Trinajstić information content (AvgIpc) is 2.45. The minimum absolute atomic E-state index is 0.182. The van der Waals surface area contributed by atoms with Crippen LogP contribution >= 0.6 is 34.8 Å². The topological polar surface area (TPSA) is 50.7 Å².